The van der Waals surface area contributed by atoms with Gasteiger partial charge in [0, 0.05) is 10.2 Å². The van der Waals surface area contributed by atoms with E-state index in [-0.39, 0.29) is 12.5 Å². The monoisotopic (exact) mass is 465 g/mol. The molecule has 0 heterocycles. The molecule has 6 nitrogen and oxygen atoms in total. The largest absolute Gasteiger partial charge is 0.423 e. The lowest BCUT2D eigenvalue weighted by molar-refractivity contribution is -0.119. The number of esters is 1. The van der Waals surface area contributed by atoms with Gasteiger partial charge in [0.2, 0.25) is 0 Å². The van der Waals surface area contributed by atoms with Gasteiger partial charge in [-0.15, -0.1) is 0 Å². The molecule has 3 aromatic carbocycles. The van der Waals surface area contributed by atoms with Gasteiger partial charge in [0.05, 0.1) is 18.3 Å². The number of nitrogens with one attached hydrogen (secondary N) is 2. The van der Waals surface area contributed by atoms with E-state index in [4.69, 9.17) is 4.74 Å². The fourth-order valence-corrected chi connectivity index (χ4v) is 2.99. The summed E-state index contributed by atoms with van der Waals surface area (Å²) >= 11 is 3.33. The van der Waals surface area contributed by atoms with Crippen molar-refractivity contribution in [3.8, 4) is 5.75 Å². The number of benzene rings is 3. The van der Waals surface area contributed by atoms with Crippen LogP contribution in [0.5, 0.6) is 5.75 Å². The van der Waals surface area contributed by atoms with E-state index in [9.17, 15) is 9.59 Å². The lowest BCUT2D eigenvalue weighted by Crippen LogP contribution is -2.25. The van der Waals surface area contributed by atoms with Gasteiger partial charge in [-0.1, -0.05) is 46.3 Å². The smallest absolute Gasteiger partial charge is 0.343 e. The van der Waals surface area contributed by atoms with Crippen molar-refractivity contribution in [1.29, 1.82) is 0 Å². The molecule has 0 aliphatic rings. The lowest BCUT2D eigenvalue weighted by atomic mass is 10.2. The van der Waals surface area contributed by atoms with Crippen LogP contribution in [0.15, 0.2) is 82.4 Å². The minimum absolute atomic E-state index is 0.102. The number of hydrazone groups is 1. The minimum atomic E-state index is -0.457. The Morgan fingerprint density at radius 3 is 2.63 bits per heavy atom. The third kappa shape index (κ3) is 6.56. The summed E-state index contributed by atoms with van der Waals surface area (Å²) in [4.78, 5) is 24.2. The molecule has 0 saturated carbocycles. The number of hydrogen-bond acceptors (Lipinski definition) is 5. The van der Waals surface area contributed by atoms with Crippen molar-refractivity contribution in [2.75, 3.05) is 11.9 Å². The number of hydrogen-bond donors (Lipinski definition) is 2. The second kappa shape index (κ2) is 10.4. The summed E-state index contributed by atoms with van der Waals surface area (Å²) in [6, 6.07) is 21.6. The molecule has 0 atom stereocenters. The number of aryl methyl sites for hydroxylation is 1. The Morgan fingerprint density at radius 1 is 1.03 bits per heavy atom. The van der Waals surface area contributed by atoms with Crippen molar-refractivity contribution in [2.45, 2.75) is 6.92 Å². The van der Waals surface area contributed by atoms with Gasteiger partial charge in [-0.3, -0.25) is 4.79 Å². The molecule has 0 bridgehead atoms. The highest BCUT2D eigenvalue weighted by Crippen LogP contribution is 2.17. The van der Waals surface area contributed by atoms with E-state index in [1.165, 1.54) is 6.21 Å². The fourth-order valence-electron chi connectivity index (χ4n) is 2.60. The van der Waals surface area contributed by atoms with Crippen LogP contribution >= 0.6 is 15.9 Å². The maximum Gasteiger partial charge on any atom is 0.343 e. The van der Waals surface area contributed by atoms with Crippen LogP contribution < -0.4 is 15.5 Å². The first kappa shape index (κ1) is 21.3. The van der Waals surface area contributed by atoms with Gasteiger partial charge in [0.25, 0.3) is 5.91 Å². The van der Waals surface area contributed by atoms with E-state index in [1.807, 2.05) is 37.3 Å². The second-order valence-corrected chi connectivity index (χ2v) is 7.40. The van der Waals surface area contributed by atoms with E-state index >= 15 is 0 Å². The number of nitrogens with zero attached hydrogens (tertiary/aromatic N) is 1. The van der Waals surface area contributed by atoms with Crippen molar-refractivity contribution in [3.63, 3.8) is 0 Å². The second-order valence-electron chi connectivity index (χ2n) is 6.49. The molecule has 30 heavy (non-hydrogen) atoms. The number of carbonyl (C=O) groups is 2. The van der Waals surface area contributed by atoms with Crippen LogP contribution in [-0.4, -0.2) is 24.6 Å². The first-order chi connectivity index (χ1) is 14.5. The molecule has 0 fully saturated rings. The molecule has 3 aromatic rings. The highest BCUT2D eigenvalue weighted by Gasteiger charge is 2.09. The number of ether oxygens (including phenoxy) is 1. The van der Waals surface area contributed by atoms with E-state index in [1.54, 1.807) is 42.5 Å². The summed E-state index contributed by atoms with van der Waals surface area (Å²) in [6.45, 7) is 2.09. The highest BCUT2D eigenvalue weighted by atomic mass is 79.9. The molecule has 3 rings (SSSR count). The first-order valence-electron chi connectivity index (χ1n) is 9.20. The third-order valence-electron chi connectivity index (χ3n) is 4.00. The number of carbonyl (C=O) groups excluding carboxylic acids is 2. The average molecular weight is 466 g/mol. The van der Waals surface area contributed by atoms with Gasteiger partial charge in [-0.05, 0) is 60.5 Å². The Balaban J connectivity index is 1.52. The number of halogens is 1. The Bertz CT molecular complexity index is 1080. The quantitative estimate of drug-likeness (QED) is 0.232. The van der Waals surface area contributed by atoms with Crippen molar-refractivity contribution >= 4 is 39.7 Å². The SMILES string of the molecule is Cc1cccc(NCC(=O)N/N=C/c2cccc(OC(=O)c3cccc(Br)c3)c2)c1. The van der Waals surface area contributed by atoms with Crippen LogP contribution in [0.4, 0.5) is 5.69 Å². The van der Waals surface area contributed by atoms with E-state index in [0.717, 1.165) is 15.7 Å². The van der Waals surface area contributed by atoms with Gasteiger partial charge >= 0.3 is 5.97 Å². The Hall–Kier alpha value is -3.45. The number of anilines is 1. The number of rotatable bonds is 7. The topological polar surface area (TPSA) is 79.8 Å². The summed E-state index contributed by atoms with van der Waals surface area (Å²) in [6.07, 6.45) is 1.49. The summed E-state index contributed by atoms with van der Waals surface area (Å²) in [5.74, 6) is -0.345. The predicted octanol–water partition coefficient (Wildman–Crippen LogP) is 4.54. The molecule has 0 aliphatic heterocycles. The number of amides is 1. The predicted molar refractivity (Wildman–Crippen MR) is 121 cm³/mol. The summed E-state index contributed by atoms with van der Waals surface area (Å²) < 4.78 is 6.20. The van der Waals surface area contributed by atoms with E-state index in [0.29, 0.717) is 16.9 Å². The van der Waals surface area contributed by atoms with Crippen molar-refractivity contribution in [2.24, 2.45) is 5.10 Å². The van der Waals surface area contributed by atoms with Gasteiger partial charge in [0.15, 0.2) is 0 Å². The standard InChI is InChI=1S/C23H20BrN3O3/c1-16-5-2-9-20(11-16)25-15-22(28)27-26-14-17-6-3-10-21(12-17)30-23(29)18-7-4-8-19(24)13-18/h2-14,25H,15H2,1H3,(H,27,28)/b26-14+. The molecule has 0 radical (unpaired) electrons. The summed E-state index contributed by atoms with van der Waals surface area (Å²) in [7, 11) is 0. The van der Waals surface area contributed by atoms with Crippen molar-refractivity contribution in [1.82, 2.24) is 5.43 Å². The molecule has 152 valence electrons. The van der Waals surface area contributed by atoms with E-state index in [2.05, 4.69) is 31.8 Å². The molecule has 0 aromatic heterocycles. The maximum atomic E-state index is 12.3. The molecular formula is C23H20BrN3O3. The van der Waals surface area contributed by atoms with Gasteiger partial charge < -0.3 is 10.1 Å². The summed E-state index contributed by atoms with van der Waals surface area (Å²) in [5.41, 5.74) is 5.57. The fraction of sp³-hybridized carbons (Fsp3) is 0.0870. The van der Waals surface area contributed by atoms with Crippen LogP contribution in [0.25, 0.3) is 0 Å². The Morgan fingerprint density at radius 2 is 1.83 bits per heavy atom. The molecule has 0 unspecified atom stereocenters. The van der Waals surface area contributed by atoms with Crippen LogP contribution in [0, 0.1) is 6.92 Å². The van der Waals surface area contributed by atoms with E-state index < -0.39 is 5.97 Å². The molecular weight excluding hydrogens is 446 g/mol. The summed E-state index contributed by atoms with van der Waals surface area (Å²) in [5, 5.41) is 6.99. The maximum absolute atomic E-state index is 12.3. The van der Waals surface area contributed by atoms with Crippen LogP contribution in [0.1, 0.15) is 21.5 Å². The molecule has 0 aliphatic carbocycles. The van der Waals surface area contributed by atoms with Gasteiger partial charge in [-0.2, -0.15) is 5.10 Å². The zero-order chi connectivity index (χ0) is 21.3. The van der Waals surface area contributed by atoms with Crippen LogP contribution in [0.2, 0.25) is 0 Å². The first-order valence-corrected chi connectivity index (χ1v) is 9.99. The van der Waals surface area contributed by atoms with Gasteiger partial charge in [0.1, 0.15) is 5.75 Å². The normalized spacial score (nSPS) is 10.6. The highest BCUT2D eigenvalue weighted by molar-refractivity contribution is 9.10. The third-order valence-corrected chi connectivity index (χ3v) is 4.50. The van der Waals surface area contributed by atoms with Crippen molar-refractivity contribution in [3.05, 3.63) is 94.0 Å². The lowest BCUT2D eigenvalue weighted by Gasteiger charge is -2.06. The molecule has 0 spiro atoms. The Kier molecular flexibility index (Phi) is 7.34. The average Bonchev–Trinajstić information content (AvgIpc) is 2.73. The minimum Gasteiger partial charge on any atom is -0.423 e. The van der Waals surface area contributed by atoms with Gasteiger partial charge in [-0.25, -0.2) is 10.2 Å². The van der Waals surface area contributed by atoms with Crippen LogP contribution in [0.3, 0.4) is 0 Å². The zero-order valence-corrected chi connectivity index (χ0v) is 17.8. The molecule has 2 N–H and O–H groups in total. The molecule has 0 saturated heterocycles. The van der Waals surface area contributed by atoms with Crippen LogP contribution in [-0.2, 0) is 4.79 Å². The molecule has 7 heteroatoms. The molecule has 1 amide bonds. The van der Waals surface area contributed by atoms with Crippen molar-refractivity contribution < 1.29 is 14.3 Å². The zero-order valence-electron chi connectivity index (χ0n) is 16.3. The Labute approximate surface area is 183 Å².